The molecule has 0 aromatic rings. The van der Waals surface area contributed by atoms with Crippen LogP contribution in [0, 0.1) is 0 Å². The maximum absolute atomic E-state index is 9.30. The molecule has 1 saturated heterocycles. The molecular formula is C6H13NO5. The highest BCUT2D eigenvalue weighted by Crippen LogP contribution is 2.22. The number of aliphatic hydroxyl groups is 4. The van der Waals surface area contributed by atoms with Crippen LogP contribution in [0.5, 0.6) is 0 Å². The van der Waals surface area contributed by atoms with E-state index in [9.17, 15) is 15.3 Å². The predicted molar refractivity (Wildman–Crippen MR) is 38.0 cm³/mol. The van der Waals surface area contributed by atoms with Gasteiger partial charge in [0.1, 0.15) is 12.2 Å². The van der Waals surface area contributed by atoms with Gasteiger partial charge in [0.2, 0.25) is 5.79 Å². The number of hydrogen-bond acceptors (Lipinski definition) is 6. The van der Waals surface area contributed by atoms with E-state index in [-0.39, 0.29) is 6.61 Å². The lowest BCUT2D eigenvalue weighted by molar-refractivity contribution is -0.315. The van der Waals surface area contributed by atoms with Crippen LogP contribution in [0.4, 0.5) is 0 Å². The van der Waals surface area contributed by atoms with E-state index >= 15 is 0 Å². The fraction of sp³-hybridized carbons (Fsp3) is 1.00. The van der Waals surface area contributed by atoms with Gasteiger partial charge in [-0.05, 0) is 0 Å². The Balaban J connectivity index is 2.71. The minimum absolute atomic E-state index is 0.102. The van der Waals surface area contributed by atoms with Crippen molar-refractivity contribution in [3.63, 3.8) is 0 Å². The van der Waals surface area contributed by atoms with Crippen molar-refractivity contribution in [3.05, 3.63) is 0 Å². The average molecular weight is 179 g/mol. The van der Waals surface area contributed by atoms with Crippen molar-refractivity contribution >= 4 is 0 Å². The molecule has 0 bridgehead atoms. The Morgan fingerprint density at radius 2 is 2.08 bits per heavy atom. The van der Waals surface area contributed by atoms with Gasteiger partial charge < -0.3 is 30.9 Å². The Labute approximate surface area is 69.2 Å². The molecule has 12 heavy (non-hydrogen) atoms. The van der Waals surface area contributed by atoms with E-state index in [1.807, 2.05) is 0 Å². The third-order valence-corrected chi connectivity index (χ3v) is 1.98. The zero-order chi connectivity index (χ0) is 9.35. The lowest BCUT2D eigenvalue weighted by atomic mass is 9.96. The Hall–Kier alpha value is -0.240. The van der Waals surface area contributed by atoms with E-state index in [1.54, 1.807) is 0 Å². The standard InChI is InChI=1S/C6H13NO5/c7-3-1-12-6(11,2-8)5(10)4(3)9/h3-5,8-11H,1-2,7H2/t3-,4+,5+,6?/m0/s1. The molecular weight excluding hydrogens is 166 g/mol. The van der Waals surface area contributed by atoms with Crippen LogP contribution < -0.4 is 5.73 Å². The number of rotatable bonds is 1. The summed E-state index contributed by atoms with van der Waals surface area (Å²) in [5, 5.41) is 36.3. The van der Waals surface area contributed by atoms with Gasteiger partial charge in [-0.15, -0.1) is 0 Å². The number of nitrogens with two attached hydrogens (primary N) is 1. The first-order chi connectivity index (χ1) is 5.51. The predicted octanol–water partition coefficient (Wildman–Crippen LogP) is -3.25. The van der Waals surface area contributed by atoms with Gasteiger partial charge in [0, 0.05) is 0 Å². The van der Waals surface area contributed by atoms with Crippen molar-refractivity contribution in [2.75, 3.05) is 13.2 Å². The first kappa shape index (κ1) is 9.85. The number of ether oxygens (including phenoxy) is 1. The number of hydrogen-bond donors (Lipinski definition) is 5. The van der Waals surface area contributed by atoms with Crippen LogP contribution in [0.15, 0.2) is 0 Å². The molecule has 1 aliphatic heterocycles. The average Bonchev–Trinajstić information content (AvgIpc) is 2.09. The summed E-state index contributed by atoms with van der Waals surface area (Å²) in [5.41, 5.74) is 5.32. The van der Waals surface area contributed by atoms with Gasteiger partial charge in [0.25, 0.3) is 0 Å². The highest BCUT2D eigenvalue weighted by Gasteiger charge is 2.47. The molecule has 1 fully saturated rings. The molecule has 0 aromatic carbocycles. The van der Waals surface area contributed by atoms with E-state index in [4.69, 9.17) is 10.8 Å². The van der Waals surface area contributed by atoms with Crippen LogP contribution in [0.25, 0.3) is 0 Å². The summed E-state index contributed by atoms with van der Waals surface area (Å²) in [6.45, 7) is -0.882. The molecule has 72 valence electrons. The minimum atomic E-state index is -2.09. The smallest absolute Gasteiger partial charge is 0.218 e. The molecule has 0 amide bonds. The normalized spacial score (nSPS) is 49.2. The van der Waals surface area contributed by atoms with Gasteiger partial charge in [-0.3, -0.25) is 0 Å². The lowest BCUT2D eigenvalue weighted by Gasteiger charge is -2.40. The summed E-state index contributed by atoms with van der Waals surface area (Å²) in [5.74, 6) is -2.09. The quantitative estimate of drug-likeness (QED) is 0.288. The lowest BCUT2D eigenvalue weighted by Crippen LogP contribution is -2.64. The summed E-state index contributed by atoms with van der Waals surface area (Å²) in [7, 11) is 0. The van der Waals surface area contributed by atoms with E-state index in [0.717, 1.165) is 0 Å². The van der Waals surface area contributed by atoms with E-state index in [2.05, 4.69) is 4.74 Å². The maximum Gasteiger partial charge on any atom is 0.218 e. The Morgan fingerprint density at radius 3 is 2.58 bits per heavy atom. The first-order valence-corrected chi connectivity index (χ1v) is 3.60. The summed E-state index contributed by atoms with van der Waals surface area (Å²) in [4.78, 5) is 0. The van der Waals surface area contributed by atoms with Crippen molar-refractivity contribution in [2.45, 2.75) is 24.0 Å². The zero-order valence-electron chi connectivity index (χ0n) is 6.42. The van der Waals surface area contributed by atoms with Crippen LogP contribution >= 0.6 is 0 Å². The second-order valence-electron chi connectivity index (χ2n) is 2.91. The van der Waals surface area contributed by atoms with Crippen LogP contribution in [-0.4, -0.2) is 57.7 Å². The first-order valence-electron chi connectivity index (χ1n) is 3.60. The molecule has 0 radical (unpaired) electrons. The van der Waals surface area contributed by atoms with E-state index < -0.39 is 30.6 Å². The Bertz CT molecular complexity index is 166. The van der Waals surface area contributed by atoms with Crippen molar-refractivity contribution in [2.24, 2.45) is 5.73 Å². The summed E-state index contributed by atoms with van der Waals surface area (Å²) < 4.78 is 4.68. The Kier molecular flexibility index (Phi) is 2.67. The largest absolute Gasteiger partial charge is 0.391 e. The molecule has 6 N–H and O–H groups in total. The van der Waals surface area contributed by atoms with Crippen LogP contribution in [-0.2, 0) is 4.74 Å². The monoisotopic (exact) mass is 179 g/mol. The molecule has 1 aliphatic rings. The molecule has 0 saturated carbocycles. The molecule has 6 heteroatoms. The third kappa shape index (κ3) is 1.45. The summed E-state index contributed by atoms with van der Waals surface area (Å²) in [6, 6.07) is -0.744. The fourth-order valence-electron chi connectivity index (χ4n) is 1.06. The summed E-state index contributed by atoms with van der Waals surface area (Å²) >= 11 is 0. The van der Waals surface area contributed by atoms with Gasteiger partial charge in [0.05, 0.1) is 19.3 Å². The fourth-order valence-corrected chi connectivity index (χ4v) is 1.06. The maximum atomic E-state index is 9.30. The van der Waals surface area contributed by atoms with Gasteiger partial charge in [-0.1, -0.05) is 0 Å². The second kappa shape index (κ2) is 3.25. The van der Waals surface area contributed by atoms with Crippen molar-refractivity contribution in [1.29, 1.82) is 0 Å². The zero-order valence-corrected chi connectivity index (χ0v) is 6.42. The van der Waals surface area contributed by atoms with Crippen molar-refractivity contribution in [3.8, 4) is 0 Å². The van der Waals surface area contributed by atoms with Crippen LogP contribution in [0.3, 0.4) is 0 Å². The molecule has 6 nitrogen and oxygen atoms in total. The van der Waals surface area contributed by atoms with Crippen LogP contribution in [0.2, 0.25) is 0 Å². The molecule has 1 rings (SSSR count). The van der Waals surface area contributed by atoms with E-state index in [0.29, 0.717) is 0 Å². The van der Waals surface area contributed by atoms with Gasteiger partial charge in [-0.2, -0.15) is 0 Å². The molecule has 0 aromatic heterocycles. The topological polar surface area (TPSA) is 116 Å². The van der Waals surface area contributed by atoms with Gasteiger partial charge in [0.15, 0.2) is 0 Å². The second-order valence-corrected chi connectivity index (χ2v) is 2.91. The van der Waals surface area contributed by atoms with E-state index in [1.165, 1.54) is 0 Å². The SMILES string of the molecule is N[C@H]1COC(O)(CO)[C@H](O)[C@@H]1O. The van der Waals surface area contributed by atoms with Crippen molar-refractivity contribution in [1.82, 2.24) is 0 Å². The summed E-state index contributed by atoms with van der Waals surface area (Å²) in [6.07, 6.45) is -2.86. The molecule has 1 unspecified atom stereocenters. The van der Waals surface area contributed by atoms with Crippen molar-refractivity contribution < 1.29 is 25.2 Å². The highest BCUT2D eigenvalue weighted by atomic mass is 16.7. The van der Waals surface area contributed by atoms with Crippen LogP contribution in [0.1, 0.15) is 0 Å². The van der Waals surface area contributed by atoms with Gasteiger partial charge in [-0.25, -0.2) is 0 Å². The molecule has 4 atom stereocenters. The van der Waals surface area contributed by atoms with Gasteiger partial charge >= 0.3 is 0 Å². The minimum Gasteiger partial charge on any atom is -0.391 e. The highest BCUT2D eigenvalue weighted by molar-refractivity contribution is 4.92. The third-order valence-electron chi connectivity index (χ3n) is 1.98. The number of aliphatic hydroxyl groups excluding tert-OH is 3. The molecule has 0 spiro atoms. The molecule has 0 aliphatic carbocycles. The molecule has 1 heterocycles. The Morgan fingerprint density at radius 1 is 1.50 bits per heavy atom.